The molecule has 0 heterocycles. The molecule has 1 rings (SSSR count). The Morgan fingerprint density at radius 1 is 1.50 bits per heavy atom. The van der Waals surface area contributed by atoms with Crippen LogP contribution in [-0.2, 0) is 6.42 Å². The van der Waals surface area contributed by atoms with E-state index in [2.05, 4.69) is 49.1 Å². The van der Waals surface area contributed by atoms with Crippen LogP contribution in [0.3, 0.4) is 0 Å². The van der Waals surface area contributed by atoms with E-state index in [4.69, 9.17) is 4.74 Å². The molecular formula is C12H15IO. The van der Waals surface area contributed by atoms with Gasteiger partial charge in [0.05, 0.1) is 7.11 Å². The Bertz CT molecular complexity index is 356. The fourth-order valence-electron chi connectivity index (χ4n) is 1.41. The van der Waals surface area contributed by atoms with E-state index in [1.54, 1.807) is 7.11 Å². The van der Waals surface area contributed by atoms with E-state index in [1.807, 2.05) is 6.07 Å². The predicted molar refractivity (Wildman–Crippen MR) is 69.0 cm³/mol. The molecule has 0 aliphatic heterocycles. The van der Waals surface area contributed by atoms with Gasteiger partial charge in [0.2, 0.25) is 0 Å². The Kier molecular flexibility index (Phi) is 3.98. The first kappa shape index (κ1) is 11.6. The van der Waals surface area contributed by atoms with Crippen molar-refractivity contribution in [2.45, 2.75) is 20.3 Å². The molecule has 0 saturated carbocycles. The smallest absolute Gasteiger partial charge is 0.122 e. The largest absolute Gasteiger partial charge is 0.496 e. The molecule has 0 aromatic heterocycles. The standard InChI is InChI=1S/C12H15IO/c1-8(2)7-10-5-6-11(14-4)9(3)12(10)13/h5-6H,1,7H2,2-4H3. The van der Waals surface area contributed by atoms with Crippen LogP contribution in [0, 0.1) is 10.5 Å². The number of hydrogen-bond donors (Lipinski definition) is 0. The zero-order valence-electron chi connectivity index (χ0n) is 8.86. The van der Waals surface area contributed by atoms with E-state index in [-0.39, 0.29) is 0 Å². The second-order valence-electron chi connectivity index (χ2n) is 3.50. The predicted octanol–water partition coefficient (Wildman–Crippen LogP) is 3.73. The number of allylic oxidation sites excluding steroid dienone is 1. The van der Waals surface area contributed by atoms with Crippen LogP contribution >= 0.6 is 22.6 Å². The van der Waals surface area contributed by atoms with Crippen LogP contribution in [0.15, 0.2) is 24.3 Å². The zero-order chi connectivity index (χ0) is 10.7. The van der Waals surface area contributed by atoms with Crippen molar-refractivity contribution in [1.82, 2.24) is 0 Å². The number of ether oxygens (including phenoxy) is 1. The summed E-state index contributed by atoms with van der Waals surface area (Å²) in [5.74, 6) is 0.958. The van der Waals surface area contributed by atoms with Gasteiger partial charge in [-0.3, -0.25) is 0 Å². The summed E-state index contributed by atoms with van der Waals surface area (Å²) in [5.41, 5.74) is 3.73. The van der Waals surface area contributed by atoms with Crippen molar-refractivity contribution >= 4 is 22.6 Å². The van der Waals surface area contributed by atoms with E-state index in [1.165, 1.54) is 20.3 Å². The van der Waals surface area contributed by atoms with Gasteiger partial charge in [-0.05, 0) is 54.5 Å². The van der Waals surface area contributed by atoms with Crippen molar-refractivity contribution < 1.29 is 4.74 Å². The molecule has 0 N–H and O–H groups in total. The highest BCUT2D eigenvalue weighted by Gasteiger charge is 2.07. The third-order valence-corrected chi connectivity index (χ3v) is 3.63. The Morgan fingerprint density at radius 3 is 2.64 bits per heavy atom. The highest BCUT2D eigenvalue weighted by atomic mass is 127. The molecule has 0 aliphatic carbocycles. The van der Waals surface area contributed by atoms with Gasteiger partial charge in [0.25, 0.3) is 0 Å². The number of methoxy groups -OCH3 is 1. The van der Waals surface area contributed by atoms with Crippen molar-refractivity contribution in [2.24, 2.45) is 0 Å². The molecule has 0 saturated heterocycles. The Hall–Kier alpha value is -0.510. The van der Waals surface area contributed by atoms with E-state index in [0.29, 0.717) is 0 Å². The minimum Gasteiger partial charge on any atom is -0.496 e. The lowest BCUT2D eigenvalue weighted by molar-refractivity contribution is 0.411. The fraction of sp³-hybridized carbons (Fsp3) is 0.333. The number of halogens is 1. The van der Waals surface area contributed by atoms with Crippen LogP contribution in [0.25, 0.3) is 0 Å². The van der Waals surface area contributed by atoms with Crippen molar-refractivity contribution in [3.05, 3.63) is 39.0 Å². The maximum absolute atomic E-state index is 5.26. The number of hydrogen-bond acceptors (Lipinski definition) is 1. The third-order valence-electron chi connectivity index (χ3n) is 2.13. The molecule has 2 heteroatoms. The molecule has 1 aromatic carbocycles. The second kappa shape index (κ2) is 4.82. The van der Waals surface area contributed by atoms with Crippen molar-refractivity contribution in [1.29, 1.82) is 0 Å². The van der Waals surface area contributed by atoms with E-state index in [0.717, 1.165) is 12.2 Å². The van der Waals surface area contributed by atoms with Gasteiger partial charge in [-0.1, -0.05) is 18.2 Å². The first-order chi connectivity index (χ1) is 6.56. The Morgan fingerprint density at radius 2 is 2.14 bits per heavy atom. The molecule has 1 aromatic rings. The van der Waals surface area contributed by atoms with Gasteiger partial charge in [0, 0.05) is 9.13 Å². The average molecular weight is 302 g/mol. The summed E-state index contributed by atoms with van der Waals surface area (Å²) in [6.07, 6.45) is 0.948. The van der Waals surface area contributed by atoms with Crippen LogP contribution in [0.4, 0.5) is 0 Å². The lowest BCUT2D eigenvalue weighted by atomic mass is 10.0. The van der Waals surface area contributed by atoms with Crippen molar-refractivity contribution in [2.75, 3.05) is 7.11 Å². The minimum atomic E-state index is 0.948. The van der Waals surface area contributed by atoms with Gasteiger partial charge in [-0.15, -0.1) is 0 Å². The topological polar surface area (TPSA) is 9.23 Å². The maximum atomic E-state index is 5.26. The molecule has 0 radical (unpaired) electrons. The van der Waals surface area contributed by atoms with E-state index in [9.17, 15) is 0 Å². The lowest BCUT2D eigenvalue weighted by Gasteiger charge is -2.11. The van der Waals surface area contributed by atoms with Crippen LogP contribution in [0.5, 0.6) is 5.75 Å². The monoisotopic (exact) mass is 302 g/mol. The summed E-state index contributed by atoms with van der Waals surface area (Å²) in [5, 5.41) is 0. The average Bonchev–Trinajstić information content (AvgIpc) is 2.13. The fourth-order valence-corrected chi connectivity index (χ4v) is 2.04. The molecule has 0 atom stereocenters. The van der Waals surface area contributed by atoms with Crippen LogP contribution in [0.1, 0.15) is 18.1 Å². The van der Waals surface area contributed by atoms with E-state index < -0.39 is 0 Å². The lowest BCUT2D eigenvalue weighted by Crippen LogP contribution is -1.96. The van der Waals surface area contributed by atoms with Gasteiger partial charge in [0.1, 0.15) is 5.75 Å². The minimum absolute atomic E-state index is 0.948. The van der Waals surface area contributed by atoms with Crippen LogP contribution in [-0.4, -0.2) is 7.11 Å². The number of rotatable bonds is 3. The van der Waals surface area contributed by atoms with E-state index >= 15 is 0 Å². The highest BCUT2D eigenvalue weighted by molar-refractivity contribution is 14.1. The highest BCUT2D eigenvalue weighted by Crippen LogP contribution is 2.27. The molecule has 0 bridgehead atoms. The van der Waals surface area contributed by atoms with Crippen LogP contribution < -0.4 is 4.74 Å². The molecule has 0 amide bonds. The van der Waals surface area contributed by atoms with Crippen molar-refractivity contribution in [3.63, 3.8) is 0 Å². The maximum Gasteiger partial charge on any atom is 0.122 e. The quantitative estimate of drug-likeness (QED) is 0.611. The summed E-state index contributed by atoms with van der Waals surface area (Å²) >= 11 is 2.37. The molecule has 76 valence electrons. The second-order valence-corrected chi connectivity index (χ2v) is 4.58. The Balaban J connectivity index is 3.10. The molecule has 0 unspecified atom stereocenters. The molecule has 14 heavy (non-hydrogen) atoms. The zero-order valence-corrected chi connectivity index (χ0v) is 11.0. The summed E-state index contributed by atoms with van der Waals surface area (Å²) < 4.78 is 6.54. The summed E-state index contributed by atoms with van der Waals surface area (Å²) in [7, 11) is 1.71. The summed E-state index contributed by atoms with van der Waals surface area (Å²) in [4.78, 5) is 0. The Labute approximate surface area is 99.3 Å². The van der Waals surface area contributed by atoms with Gasteiger partial charge in [-0.25, -0.2) is 0 Å². The molecule has 0 fully saturated rings. The van der Waals surface area contributed by atoms with Gasteiger partial charge >= 0.3 is 0 Å². The van der Waals surface area contributed by atoms with Crippen LogP contribution in [0.2, 0.25) is 0 Å². The van der Waals surface area contributed by atoms with Gasteiger partial charge in [0.15, 0.2) is 0 Å². The molecule has 0 spiro atoms. The normalized spacial score (nSPS) is 10.0. The molecule has 1 nitrogen and oxygen atoms in total. The summed E-state index contributed by atoms with van der Waals surface area (Å²) in [6.45, 7) is 8.07. The molecule has 0 aliphatic rings. The third kappa shape index (κ3) is 2.50. The van der Waals surface area contributed by atoms with Gasteiger partial charge in [-0.2, -0.15) is 0 Å². The van der Waals surface area contributed by atoms with Crippen molar-refractivity contribution in [3.8, 4) is 5.75 Å². The first-order valence-electron chi connectivity index (χ1n) is 4.52. The summed E-state index contributed by atoms with van der Waals surface area (Å²) in [6, 6.07) is 4.14. The number of benzene rings is 1. The molecular weight excluding hydrogens is 287 g/mol. The van der Waals surface area contributed by atoms with Gasteiger partial charge < -0.3 is 4.74 Å². The SMILES string of the molecule is C=C(C)Cc1ccc(OC)c(C)c1I. The first-order valence-corrected chi connectivity index (χ1v) is 5.60.